The molecule has 264 valence electrons. The summed E-state index contributed by atoms with van der Waals surface area (Å²) in [6.45, 7) is 1.58. The van der Waals surface area contributed by atoms with Crippen LogP contribution in [0.15, 0.2) is 67.1 Å². The van der Waals surface area contributed by atoms with E-state index < -0.39 is 11.8 Å². The fraction of sp³-hybridized carbons (Fsp3) is 0.265. The van der Waals surface area contributed by atoms with E-state index in [0.29, 0.717) is 47.6 Å². The SMILES string of the molecule is Cn1cc(NC(=O)c2cc(NC(=O)c3cc(NC(=O)/C=C/c4ccc(N(CCCl)CCCl)cc4)cn3C)cn2C)cc1C(=O)NCCC(=N)N. The van der Waals surface area contributed by atoms with Crippen LogP contribution in [-0.4, -0.2) is 74.6 Å². The number of benzene rings is 1. The van der Waals surface area contributed by atoms with Gasteiger partial charge in [-0.1, -0.05) is 12.1 Å². The van der Waals surface area contributed by atoms with Crippen molar-refractivity contribution in [1.29, 1.82) is 5.41 Å². The summed E-state index contributed by atoms with van der Waals surface area (Å²) in [5.74, 6) is -0.681. The van der Waals surface area contributed by atoms with Crippen molar-refractivity contribution in [2.45, 2.75) is 6.42 Å². The van der Waals surface area contributed by atoms with E-state index in [0.717, 1.165) is 11.3 Å². The quantitative estimate of drug-likeness (QED) is 0.0436. The Morgan fingerprint density at radius 1 is 0.760 bits per heavy atom. The summed E-state index contributed by atoms with van der Waals surface area (Å²) in [7, 11) is 5.02. The highest BCUT2D eigenvalue weighted by molar-refractivity contribution is 6.18. The number of aromatic nitrogens is 3. The van der Waals surface area contributed by atoms with Gasteiger partial charge in [0, 0.05) is 89.3 Å². The number of nitrogens with two attached hydrogens (primary N) is 1. The number of anilines is 4. The molecule has 16 heteroatoms. The van der Waals surface area contributed by atoms with Gasteiger partial charge in [-0.25, -0.2) is 0 Å². The van der Waals surface area contributed by atoms with Crippen molar-refractivity contribution in [2.24, 2.45) is 26.9 Å². The zero-order valence-corrected chi connectivity index (χ0v) is 29.4. The Hall–Kier alpha value is -5.47. The highest BCUT2D eigenvalue weighted by Gasteiger charge is 2.19. The molecule has 0 aliphatic carbocycles. The van der Waals surface area contributed by atoms with E-state index in [1.165, 1.54) is 18.2 Å². The maximum Gasteiger partial charge on any atom is 0.272 e. The first-order chi connectivity index (χ1) is 23.9. The maximum absolute atomic E-state index is 13.2. The molecule has 0 atom stereocenters. The van der Waals surface area contributed by atoms with Crippen molar-refractivity contribution in [3.63, 3.8) is 0 Å². The fourth-order valence-corrected chi connectivity index (χ4v) is 5.50. The molecule has 3 aromatic heterocycles. The monoisotopic (exact) mass is 722 g/mol. The number of rotatable bonds is 16. The first-order valence-electron chi connectivity index (χ1n) is 15.6. The minimum atomic E-state index is -0.449. The van der Waals surface area contributed by atoms with Crippen molar-refractivity contribution in [3.05, 3.63) is 89.8 Å². The summed E-state index contributed by atoms with van der Waals surface area (Å²) in [5.41, 5.74) is 9.24. The molecule has 4 aromatic rings. The van der Waals surface area contributed by atoms with Crippen LogP contribution in [0, 0.1) is 5.41 Å². The van der Waals surface area contributed by atoms with Gasteiger partial charge < -0.3 is 45.6 Å². The van der Waals surface area contributed by atoms with Crippen molar-refractivity contribution in [2.75, 3.05) is 52.2 Å². The lowest BCUT2D eigenvalue weighted by molar-refractivity contribution is -0.111. The van der Waals surface area contributed by atoms with Gasteiger partial charge in [0.2, 0.25) is 5.91 Å². The van der Waals surface area contributed by atoms with Crippen molar-refractivity contribution in [1.82, 2.24) is 19.0 Å². The molecule has 0 spiro atoms. The van der Waals surface area contributed by atoms with Gasteiger partial charge in [-0.2, -0.15) is 0 Å². The van der Waals surface area contributed by atoms with E-state index in [1.807, 2.05) is 24.3 Å². The van der Waals surface area contributed by atoms with Crippen LogP contribution in [0.25, 0.3) is 6.08 Å². The Labute approximate surface area is 299 Å². The molecule has 14 nitrogen and oxygen atoms in total. The molecule has 0 fully saturated rings. The molecule has 4 rings (SSSR count). The Bertz CT molecular complexity index is 1890. The fourth-order valence-electron chi connectivity index (χ4n) is 5.09. The first-order valence-corrected chi connectivity index (χ1v) is 16.6. The van der Waals surface area contributed by atoms with Gasteiger partial charge >= 0.3 is 0 Å². The molecular weight excluding hydrogens is 683 g/mol. The number of nitrogens with zero attached hydrogens (tertiary/aromatic N) is 4. The van der Waals surface area contributed by atoms with Crippen LogP contribution in [-0.2, 0) is 25.9 Å². The molecular formula is C34H40Cl2N10O4. The molecule has 0 saturated carbocycles. The normalized spacial score (nSPS) is 11.0. The van der Waals surface area contributed by atoms with Gasteiger partial charge in [0.1, 0.15) is 17.1 Å². The van der Waals surface area contributed by atoms with E-state index in [-0.39, 0.29) is 42.0 Å². The predicted molar refractivity (Wildman–Crippen MR) is 199 cm³/mol. The number of hydrogen-bond donors (Lipinski definition) is 6. The van der Waals surface area contributed by atoms with Crippen LogP contribution >= 0.6 is 23.2 Å². The molecule has 0 bridgehead atoms. The van der Waals surface area contributed by atoms with Crippen LogP contribution in [0.3, 0.4) is 0 Å². The standard InChI is InChI=1S/C34H40Cl2N10O4/c1-43-20-24(17-27(43)32(48)39-13-10-30(37)38)41-34(50)29-18-25(21-45(29)3)42-33(49)28-16-23(19-44(28)2)40-31(47)9-6-22-4-7-26(8-5-22)46(14-11-35)15-12-36/h4-9,16-21H,10-15H2,1-3H3,(H3,37,38)(H,39,48)(H,40,47)(H,41,50)(H,42,49)/b9-6+. The molecule has 0 unspecified atom stereocenters. The summed E-state index contributed by atoms with van der Waals surface area (Å²) in [6, 6.07) is 12.3. The number of nitrogens with one attached hydrogen (secondary N) is 5. The third-order valence-electron chi connectivity index (χ3n) is 7.57. The molecule has 0 aliphatic heterocycles. The van der Waals surface area contributed by atoms with Gasteiger partial charge in [0.25, 0.3) is 17.7 Å². The number of aryl methyl sites for hydroxylation is 3. The van der Waals surface area contributed by atoms with Crippen molar-refractivity contribution < 1.29 is 19.2 Å². The number of carbonyl (C=O) groups is 4. The summed E-state index contributed by atoms with van der Waals surface area (Å²) in [4.78, 5) is 53.5. The second kappa shape index (κ2) is 17.3. The second-order valence-electron chi connectivity index (χ2n) is 11.4. The van der Waals surface area contributed by atoms with Crippen molar-refractivity contribution in [3.8, 4) is 0 Å². The van der Waals surface area contributed by atoms with Crippen LogP contribution in [0.1, 0.15) is 43.4 Å². The van der Waals surface area contributed by atoms with Crippen molar-refractivity contribution >= 4 is 81.5 Å². The summed E-state index contributed by atoms with van der Waals surface area (Å²) in [6.07, 6.45) is 8.16. The topological polar surface area (TPSA) is 184 Å². The average molecular weight is 724 g/mol. The van der Waals surface area contributed by atoms with Gasteiger partial charge in [0.15, 0.2) is 0 Å². The van der Waals surface area contributed by atoms with E-state index in [1.54, 1.807) is 65.6 Å². The van der Waals surface area contributed by atoms with Gasteiger partial charge in [0.05, 0.1) is 22.9 Å². The zero-order chi connectivity index (χ0) is 36.4. The first kappa shape index (κ1) is 37.4. The molecule has 0 aliphatic rings. The van der Waals surface area contributed by atoms with Crippen LogP contribution in [0.5, 0.6) is 0 Å². The number of amides is 4. The van der Waals surface area contributed by atoms with E-state index in [4.69, 9.17) is 34.3 Å². The van der Waals surface area contributed by atoms with E-state index in [9.17, 15) is 19.2 Å². The van der Waals surface area contributed by atoms with Crippen LogP contribution in [0.4, 0.5) is 22.7 Å². The molecule has 3 heterocycles. The molecule has 7 N–H and O–H groups in total. The summed E-state index contributed by atoms with van der Waals surface area (Å²) >= 11 is 11.8. The lowest BCUT2D eigenvalue weighted by Gasteiger charge is -2.22. The Kier molecular flexibility index (Phi) is 12.9. The number of hydrogen-bond acceptors (Lipinski definition) is 6. The van der Waals surface area contributed by atoms with E-state index >= 15 is 0 Å². The second-order valence-corrected chi connectivity index (χ2v) is 12.1. The van der Waals surface area contributed by atoms with Crippen LogP contribution in [0.2, 0.25) is 0 Å². The van der Waals surface area contributed by atoms with Gasteiger partial charge in [-0.05, 0) is 42.0 Å². The molecule has 0 saturated heterocycles. The smallest absolute Gasteiger partial charge is 0.272 e. The number of carbonyl (C=O) groups excluding carboxylic acids is 4. The Balaban J connectivity index is 1.33. The largest absolute Gasteiger partial charge is 0.388 e. The summed E-state index contributed by atoms with van der Waals surface area (Å²) < 4.78 is 4.72. The minimum absolute atomic E-state index is 0.0296. The lowest BCUT2D eigenvalue weighted by Crippen LogP contribution is -2.28. The van der Waals surface area contributed by atoms with Gasteiger partial charge in [-0.3, -0.25) is 24.6 Å². The molecule has 4 amide bonds. The highest BCUT2D eigenvalue weighted by Crippen LogP contribution is 2.20. The molecule has 50 heavy (non-hydrogen) atoms. The number of halogens is 2. The Morgan fingerprint density at radius 2 is 1.22 bits per heavy atom. The minimum Gasteiger partial charge on any atom is -0.388 e. The van der Waals surface area contributed by atoms with Crippen LogP contribution < -0.4 is 31.9 Å². The maximum atomic E-state index is 13.2. The number of alkyl halides is 2. The molecule has 0 radical (unpaired) electrons. The van der Waals surface area contributed by atoms with Gasteiger partial charge in [-0.15, -0.1) is 23.2 Å². The Morgan fingerprint density at radius 3 is 1.68 bits per heavy atom. The molecule has 1 aromatic carbocycles. The zero-order valence-electron chi connectivity index (χ0n) is 27.9. The summed E-state index contributed by atoms with van der Waals surface area (Å²) in [5, 5.41) is 18.3. The third-order valence-corrected chi connectivity index (χ3v) is 7.91. The average Bonchev–Trinajstić information content (AvgIpc) is 3.74. The van der Waals surface area contributed by atoms with E-state index in [2.05, 4.69) is 26.2 Å². The lowest BCUT2D eigenvalue weighted by atomic mass is 10.2. The third kappa shape index (κ3) is 10.0. The number of amidine groups is 1. The predicted octanol–water partition coefficient (Wildman–Crippen LogP) is 4.20. The highest BCUT2D eigenvalue weighted by atomic mass is 35.5.